The van der Waals surface area contributed by atoms with Crippen molar-refractivity contribution in [1.82, 2.24) is 0 Å². The lowest BCUT2D eigenvalue weighted by atomic mass is 9.97. The monoisotopic (exact) mass is 274 g/mol. The molecule has 1 aliphatic carbocycles. The molecule has 0 radical (unpaired) electrons. The normalized spacial score (nSPS) is 48.5. The molecule has 6 nitrogen and oxygen atoms in total. The van der Waals surface area contributed by atoms with Crippen LogP contribution in [0.2, 0.25) is 0 Å². The highest BCUT2D eigenvalue weighted by Crippen LogP contribution is 2.46. The van der Waals surface area contributed by atoms with Crippen molar-refractivity contribution in [2.45, 2.75) is 63.1 Å². The van der Waals surface area contributed by atoms with Crippen LogP contribution in [0.15, 0.2) is 0 Å². The first-order valence-corrected chi connectivity index (χ1v) is 6.80. The fourth-order valence-electron chi connectivity index (χ4n) is 2.84. The molecule has 7 atom stereocenters. The third-order valence-corrected chi connectivity index (χ3v) is 4.09. The summed E-state index contributed by atoms with van der Waals surface area (Å²) >= 11 is 0. The maximum atomic E-state index is 11.6. The average molecular weight is 274 g/mol. The molecular formula is C13H22O6. The first-order chi connectivity index (χ1) is 8.88. The van der Waals surface area contributed by atoms with Crippen LogP contribution in [0, 0.1) is 11.8 Å². The standard InChI is InChI=1S/C13H22O6/c1-6-2-10(15)13(18)11(16)4-7-3-8(7)9(14)5-12(17)19-6/h6-11,13-16,18H,2-5H2,1H3. The van der Waals surface area contributed by atoms with E-state index < -0.39 is 36.5 Å². The molecule has 0 aromatic carbocycles. The number of rotatable bonds is 0. The van der Waals surface area contributed by atoms with E-state index in [1.807, 2.05) is 0 Å². The van der Waals surface area contributed by atoms with Crippen LogP contribution >= 0.6 is 0 Å². The molecule has 2 aliphatic rings. The number of hydrogen-bond donors (Lipinski definition) is 4. The van der Waals surface area contributed by atoms with Gasteiger partial charge in [0, 0.05) is 6.42 Å². The minimum absolute atomic E-state index is 0.0266. The van der Waals surface area contributed by atoms with Gasteiger partial charge in [-0.15, -0.1) is 0 Å². The Morgan fingerprint density at radius 1 is 1.00 bits per heavy atom. The summed E-state index contributed by atoms with van der Waals surface area (Å²) in [6.07, 6.45) is -3.64. The van der Waals surface area contributed by atoms with E-state index in [2.05, 4.69) is 0 Å². The van der Waals surface area contributed by atoms with Gasteiger partial charge in [0.15, 0.2) is 0 Å². The molecule has 19 heavy (non-hydrogen) atoms. The van der Waals surface area contributed by atoms with Gasteiger partial charge in [0.2, 0.25) is 0 Å². The van der Waals surface area contributed by atoms with Gasteiger partial charge in [-0.1, -0.05) is 0 Å². The molecule has 0 amide bonds. The summed E-state index contributed by atoms with van der Waals surface area (Å²) in [7, 11) is 0. The SMILES string of the molecule is CC1CC(O)C(O)C(O)CC2CC2C(O)CC(=O)O1. The molecule has 1 heterocycles. The molecule has 1 saturated heterocycles. The molecule has 1 aliphatic heterocycles. The van der Waals surface area contributed by atoms with Crippen molar-refractivity contribution < 1.29 is 30.0 Å². The summed E-state index contributed by atoms with van der Waals surface area (Å²) < 4.78 is 5.06. The van der Waals surface area contributed by atoms with E-state index in [9.17, 15) is 25.2 Å². The van der Waals surface area contributed by atoms with E-state index in [1.54, 1.807) is 6.92 Å². The summed E-state index contributed by atoms with van der Waals surface area (Å²) in [5.74, 6) is -0.425. The zero-order valence-electron chi connectivity index (χ0n) is 11.0. The van der Waals surface area contributed by atoms with E-state index in [1.165, 1.54) is 0 Å². The minimum atomic E-state index is -1.25. The Balaban J connectivity index is 2.04. The Morgan fingerprint density at radius 2 is 1.63 bits per heavy atom. The fraction of sp³-hybridized carbons (Fsp3) is 0.923. The van der Waals surface area contributed by atoms with Crippen molar-refractivity contribution in [3.63, 3.8) is 0 Å². The summed E-state index contributed by atoms with van der Waals surface area (Å²) in [4.78, 5) is 11.6. The number of esters is 1. The van der Waals surface area contributed by atoms with E-state index in [4.69, 9.17) is 4.74 Å². The van der Waals surface area contributed by atoms with Crippen LogP contribution in [0.25, 0.3) is 0 Å². The van der Waals surface area contributed by atoms with Crippen LogP contribution in [0.1, 0.15) is 32.6 Å². The van der Waals surface area contributed by atoms with E-state index >= 15 is 0 Å². The maximum Gasteiger partial charge on any atom is 0.308 e. The van der Waals surface area contributed by atoms with Crippen LogP contribution in [-0.2, 0) is 9.53 Å². The van der Waals surface area contributed by atoms with Crippen molar-refractivity contribution in [2.75, 3.05) is 0 Å². The largest absolute Gasteiger partial charge is 0.462 e. The lowest BCUT2D eigenvalue weighted by molar-refractivity contribution is -0.154. The Hall–Kier alpha value is -0.690. The van der Waals surface area contributed by atoms with Crippen molar-refractivity contribution in [3.05, 3.63) is 0 Å². The van der Waals surface area contributed by atoms with Crippen molar-refractivity contribution in [3.8, 4) is 0 Å². The third kappa shape index (κ3) is 3.66. The lowest BCUT2D eigenvalue weighted by Crippen LogP contribution is -2.40. The van der Waals surface area contributed by atoms with Crippen LogP contribution in [-0.4, -0.2) is 56.9 Å². The zero-order chi connectivity index (χ0) is 14.2. The van der Waals surface area contributed by atoms with Gasteiger partial charge in [-0.05, 0) is 31.6 Å². The number of aliphatic hydroxyl groups excluding tert-OH is 4. The van der Waals surface area contributed by atoms with Crippen LogP contribution < -0.4 is 0 Å². The highest BCUT2D eigenvalue weighted by Gasteiger charge is 2.45. The Bertz CT molecular complexity index is 333. The number of aliphatic hydroxyl groups is 4. The maximum absolute atomic E-state index is 11.6. The molecular weight excluding hydrogens is 252 g/mol. The highest BCUT2D eigenvalue weighted by molar-refractivity contribution is 5.70. The van der Waals surface area contributed by atoms with Gasteiger partial charge in [0.25, 0.3) is 0 Å². The molecule has 2 fully saturated rings. The van der Waals surface area contributed by atoms with Crippen LogP contribution in [0.3, 0.4) is 0 Å². The van der Waals surface area contributed by atoms with Crippen molar-refractivity contribution >= 4 is 5.97 Å². The molecule has 0 aromatic rings. The second-order valence-electron chi connectivity index (χ2n) is 5.83. The summed E-state index contributed by atoms with van der Waals surface area (Å²) in [6.45, 7) is 1.61. The molecule has 0 aromatic heterocycles. The second-order valence-corrected chi connectivity index (χ2v) is 5.83. The summed E-state index contributed by atoms with van der Waals surface area (Å²) in [5.41, 5.74) is 0. The van der Waals surface area contributed by atoms with Crippen molar-refractivity contribution in [2.24, 2.45) is 11.8 Å². The first-order valence-electron chi connectivity index (χ1n) is 6.80. The molecule has 0 spiro atoms. The zero-order valence-corrected chi connectivity index (χ0v) is 11.0. The van der Waals surface area contributed by atoms with Gasteiger partial charge in [-0.2, -0.15) is 0 Å². The molecule has 0 bridgehead atoms. The van der Waals surface area contributed by atoms with E-state index in [-0.39, 0.29) is 24.7 Å². The molecule has 6 heteroatoms. The predicted octanol–water partition coefficient (Wildman–Crippen LogP) is -0.818. The molecule has 1 saturated carbocycles. The average Bonchev–Trinajstić information content (AvgIpc) is 3.05. The number of carbonyl (C=O) groups excluding carboxylic acids is 1. The van der Waals surface area contributed by atoms with Gasteiger partial charge in [0.1, 0.15) is 12.2 Å². The number of ether oxygens (including phenoxy) is 1. The smallest absolute Gasteiger partial charge is 0.308 e. The molecule has 110 valence electrons. The Morgan fingerprint density at radius 3 is 2.32 bits per heavy atom. The topological polar surface area (TPSA) is 107 Å². The Kier molecular flexibility index (Phi) is 4.45. The predicted molar refractivity (Wildman–Crippen MR) is 65.0 cm³/mol. The van der Waals surface area contributed by atoms with Gasteiger partial charge in [-0.25, -0.2) is 0 Å². The molecule has 2 rings (SSSR count). The van der Waals surface area contributed by atoms with Gasteiger partial charge >= 0.3 is 5.97 Å². The van der Waals surface area contributed by atoms with Crippen LogP contribution in [0.4, 0.5) is 0 Å². The number of hydrogen-bond acceptors (Lipinski definition) is 6. The summed E-state index contributed by atoms with van der Waals surface area (Å²) in [6, 6.07) is 0. The van der Waals surface area contributed by atoms with E-state index in [0.29, 0.717) is 6.42 Å². The number of cyclic esters (lactones) is 1. The van der Waals surface area contributed by atoms with Gasteiger partial charge < -0.3 is 25.2 Å². The highest BCUT2D eigenvalue weighted by atomic mass is 16.5. The first kappa shape index (κ1) is 14.7. The summed E-state index contributed by atoms with van der Waals surface area (Å²) in [5, 5.41) is 39.3. The quantitative estimate of drug-likeness (QED) is 0.430. The lowest BCUT2D eigenvalue weighted by Gasteiger charge is -2.26. The molecule has 4 N–H and O–H groups in total. The number of carbonyl (C=O) groups is 1. The van der Waals surface area contributed by atoms with Crippen LogP contribution in [0.5, 0.6) is 0 Å². The Labute approximate surface area is 112 Å². The third-order valence-electron chi connectivity index (χ3n) is 4.09. The van der Waals surface area contributed by atoms with Gasteiger partial charge in [0.05, 0.1) is 24.7 Å². The number of fused-ring (bicyclic) bond motifs is 1. The van der Waals surface area contributed by atoms with E-state index in [0.717, 1.165) is 6.42 Å². The van der Waals surface area contributed by atoms with Gasteiger partial charge in [-0.3, -0.25) is 4.79 Å². The van der Waals surface area contributed by atoms with Crippen molar-refractivity contribution in [1.29, 1.82) is 0 Å². The second kappa shape index (κ2) is 5.75. The molecule has 7 unspecified atom stereocenters. The fourth-order valence-corrected chi connectivity index (χ4v) is 2.84. The minimum Gasteiger partial charge on any atom is -0.462 e.